The number of hydrogen-bond acceptors (Lipinski definition) is 10. The topological polar surface area (TPSA) is 240 Å². The van der Waals surface area contributed by atoms with Gasteiger partial charge in [0, 0.05) is 13.1 Å². The van der Waals surface area contributed by atoms with Crippen LogP contribution in [-0.2, 0) is 30.4 Å². The molecule has 1 aliphatic carbocycles. The largest absolute Gasteiger partial charge is 0.481 e. The molecule has 8 N–H and O–H groups in total. The number of carboxylic acids is 5. The molecule has 1 fully saturated rings. The van der Waals surface area contributed by atoms with E-state index in [1.165, 1.54) is 0 Å². The van der Waals surface area contributed by atoms with Gasteiger partial charge < -0.3 is 36.6 Å². The number of nitrogens with two attached hydrogens (primary N) is 1. The van der Waals surface area contributed by atoms with E-state index >= 15 is 0 Å². The van der Waals surface area contributed by atoms with Gasteiger partial charge in [-0.3, -0.25) is 28.9 Å². The summed E-state index contributed by atoms with van der Waals surface area (Å²) in [5.41, 5.74) is 2.99. The molecule has 3 atom stereocenters. The molecule has 1 aromatic rings. The van der Waals surface area contributed by atoms with Crippen molar-refractivity contribution in [2.45, 2.75) is 62.4 Å². The summed E-state index contributed by atoms with van der Waals surface area (Å²) >= 11 is 4.65. The lowest BCUT2D eigenvalue weighted by Gasteiger charge is -2.60. The third-order valence-corrected chi connectivity index (χ3v) is 8.23. The van der Waals surface area contributed by atoms with Crippen LogP contribution in [0.1, 0.15) is 50.5 Å². The lowest BCUT2D eigenvalue weighted by Crippen LogP contribution is -2.77. The number of rotatable bonds is 19. The van der Waals surface area contributed by atoms with Crippen molar-refractivity contribution in [1.82, 2.24) is 10.2 Å². The molecular formula is C28H38N4O10S. The number of aliphatic carboxylic acids is 5. The fourth-order valence-corrected chi connectivity index (χ4v) is 6.87. The molecule has 43 heavy (non-hydrogen) atoms. The molecule has 3 unspecified atom stereocenters. The number of aliphatic imine (C=N–C) groups is 1. The third-order valence-electron chi connectivity index (χ3n) is 8.14. The van der Waals surface area contributed by atoms with Gasteiger partial charge >= 0.3 is 29.8 Å². The van der Waals surface area contributed by atoms with Crippen LogP contribution in [0.2, 0.25) is 0 Å². The van der Waals surface area contributed by atoms with Crippen LogP contribution in [0.4, 0.5) is 5.69 Å². The van der Waals surface area contributed by atoms with Gasteiger partial charge in [-0.2, -0.15) is 4.99 Å². The molecule has 0 spiro atoms. The van der Waals surface area contributed by atoms with Gasteiger partial charge in [-0.05, 0) is 61.0 Å². The van der Waals surface area contributed by atoms with Crippen LogP contribution >= 0.6 is 12.2 Å². The first-order valence-corrected chi connectivity index (χ1v) is 14.2. The molecule has 1 saturated carbocycles. The Morgan fingerprint density at radius 1 is 0.884 bits per heavy atom. The summed E-state index contributed by atoms with van der Waals surface area (Å²) in [5.74, 6) is -8.61. The second kappa shape index (κ2) is 16.2. The third kappa shape index (κ3) is 9.37. The highest BCUT2D eigenvalue weighted by atomic mass is 32.1. The summed E-state index contributed by atoms with van der Waals surface area (Å²) in [4.78, 5) is 66.4. The van der Waals surface area contributed by atoms with Crippen LogP contribution < -0.4 is 11.1 Å². The minimum Gasteiger partial charge on any atom is -0.481 e. The maximum atomic E-state index is 12.6. The maximum absolute atomic E-state index is 12.6. The first kappa shape index (κ1) is 35.4. The summed E-state index contributed by atoms with van der Waals surface area (Å²) in [5, 5.41) is 55.5. The first-order valence-electron chi connectivity index (χ1n) is 13.8. The number of thiocarbonyl (C=S) groups is 1. The fourth-order valence-electron chi connectivity index (χ4n) is 6.76. The van der Waals surface area contributed by atoms with Crippen LogP contribution in [0.3, 0.4) is 0 Å². The number of carboxylic acid groups (broad SMARTS) is 5. The Labute approximate surface area is 253 Å². The van der Waals surface area contributed by atoms with Crippen LogP contribution in [-0.4, -0.2) is 103 Å². The van der Waals surface area contributed by atoms with Gasteiger partial charge in [-0.15, -0.1) is 0 Å². The molecule has 0 heterocycles. The van der Waals surface area contributed by atoms with Crippen molar-refractivity contribution in [2.75, 3.05) is 26.2 Å². The van der Waals surface area contributed by atoms with E-state index in [1.54, 1.807) is 12.1 Å². The first-order chi connectivity index (χ1) is 20.3. The second-order valence-corrected chi connectivity index (χ2v) is 11.0. The van der Waals surface area contributed by atoms with Gasteiger partial charge in [0.15, 0.2) is 0 Å². The van der Waals surface area contributed by atoms with Crippen LogP contribution in [0, 0.1) is 11.8 Å². The molecule has 1 aromatic carbocycles. The molecule has 0 aromatic heterocycles. The molecule has 14 nitrogen and oxygen atoms in total. The van der Waals surface area contributed by atoms with E-state index in [0.717, 1.165) is 16.9 Å². The summed E-state index contributed by atoms with van der Waals surface area (Å²) in [6, 6.07) is 7.08. The number of benzene rings is 1. The van der Waals surface area contributed by atoms with E-state index in [0.29, 0.717) is 31.4 Å². The van der Waals surface area contributed by atoms with E-state index in [-0.39, 0.29) is 19.0 Å². The normalized spacial score (nSPS) is 18.3. The summed E-state index contributed by atoms with van der Waals surface area (Å²) in [7, 11) is 0. The zero-order valence-electron chi connectivity index (χ0n) is 23.6. The van der Waals surface area contributed by atoms with Gasteiger partial charge in [0.25, 0.3) is 0 Å². The number of carbonyl (C=O) groups is 5. The molecule has 0 saturated heterocycles. The van der Waals surface area contributed by atoms with Crippen molar-refractivity contribution in [3.63, 3.8) is 0 Å². The van der Waals surface area contributed by atoms with Gasteiger partial charge in [-0.1, -0.05) is 25.0 Å². The van der Waals surface area contributed by atoms with E-state index in [1.807, 2.05) is 12.1 Å². The van der Waals surface area contributed by atoms with Gasteiger partial charge in [-0.25, -0.2) is 0 Å². The molecular weight excluding hydrogens is 584 g/mol. The number of nitrogens with zero attached hydrogens (tertiary/aromatic N) is 2. The van der Waals surface area contributed by atoms with Gasteiger partial charge in [0.2, 0.25) is 0 Å². The van der Waals surface area contributed by atoms with E-state index < -0.39 is 79.2 Å². The molecule has 15 heteroatoms. The van der Waals surface area contributed by atoms with Crippen molar-refractivity contribution in [2.24, 2.45) is 22.6 Å². The second-order valence-electron chi connectivity index (χ2n) is 10.8. The highest BCUT2D eigenvalue weighted by molar-refractivity contribution is 7.78. The average molecular weight is 623 g/mol. The number of isothiocyanates is 1. The minimum atomic E-state index is -2.31. The zero-order valence-corrected chi connectivity index (χ0v) is 24.4. The van der Waals surface area contributed by atoms with E-state index in [9.17, 15) is 49.5 Å². The van der Waals surface area contributed by atoms with Gasteiger partial charge in [0.05, 0.1) is 54.3 Å². The Morgan fingerprint density at radius 3 is 1.88 bits per heavy atom. The van der Waals surface area contributed by atoms with E-state index in [4.69, 9.17) is 5.73 Å². The Morgan fingerprint density at radius 2 is 1.42 bits per heavy atom. The monoisotopic (exact) mass is 622 g/mol. The van der Waals surface area contributed by atoms with Crippen molar-refractivity contribution in [3.05, 3.63) is 29.8 Å². The molecule has 1 aliphatic rings. The molecule has 0 bridgehead atoms. The smallest absolute Gasteiger partial charge is 0.317 e. The standard InChI is InChI=1S/C28H38N4O10S/c29-9-10-31-28(14-24(37)38,21-4-2-1-3-19(21)11-18-5-7-20(8-6-18)30-17-43)27(12-22(33)34,13-23(35)36)32(15-25(39)40)16-26(41)42/h5-8,19,21,31H,1-4,9-16,29H2,(H,33,34)(H,35,36)(H,37,38)(H,39,40)(H,41,42). The summed E-state index contributed by atoms with van der Waals surface area (Å²) in [6.45, 7) is -2.21. The van der Waals surface area contributed by atoms with Crippen molar-refractivity contribution in [3.8, 4) is 0 Å². The zero-order chi connectivity index (χ0) is 32.2. The van der Waals surface area contributed by atoms with Crippen LogP contribution in [0.5, 0.6) is 0 Å². The average Bonchev–Trinajstić information content (AvgIpc) is 2.90. The van der Waals surface area contributed by atoms with Crippen molar-refractivity contribution >= 4 is 52.9 Å². The predicted molar refractivity (Wildman–Crippen MR) is 156 cm³/mol. The van der Waals surface area contributed by atoms with Crippen LogP contribution in [0.25, 0.3) is 0 Å². The molecule has 236 valence electrons. The highest BCUT2D eigenvalue weighted by Crippen LogP contribution is 2.50. The molecule has 2 rings (SSSR count). The Bertz CT molecular complexity index is 1190. The van der Waals surface area contributed by atoms with Crippen molar-refractivity contribution < 1.29 is 49.5 Å². The Balaban J connectivity index is 2.93. The lowest BCUT2D eigenvalue weighted by molar-refractivity contribution is -0.168. The SMILES string of the molecule is NCCNC(CC(=O)O)(C1CCCCC1Cc1ccc(N=C=S)cc1)C(CC(=O)O)(CC(=O)O)N(CC(=O)O)CC(=O)O. The molecule has 0 radical (unpaired) electrons. The quantitative estimate of drug-likeness (QED) is 0.0858. The highest BCUT2D eigenvalue weighted by Gasteiger charge is 2.62. The molecule has 0 amide bonds. The lowest BCUT2D eigenvalue weighted by atomic mass is 9.55. The predicted octanol–water partition coefficient (Wildman–Crippen LogP) is 1.69. The maximum Gasteiger partial charge on any atom is 0.317 e. The van der Waals surface area contributed by atoms with Crippen molar-refractivity contribution in [1.29, 1.82) is 0 Å². The number of nitrogens with one attached hydrogen (secondary N) is 1. The number of hydrogen-bond donors (Lipinski definition) is 7. The Hall–Kier alpha value is -3.75. The van der Waals surface area contributed by atoms with Crippen LogP contribution in [0.15, 0.2) is 29.3 Å². The summed E-state index contributed by atoms with van der Waals surface area (Å²) < 4.78 is 0. The fraction of sp³-hybridized carbons (Fsp3) is 0.571. The summed E-state index contributed by atoms with van der Waals surface area (Å²) in [6.07, 6.45) is -0.228. The Kier molecular flexibility index (Phi) is 13.3. The van der Waals surface area contributed by atoms with Gasteiger partial charge in [0.1, 0.15) is 0 Å². The minimum absolute atomic E-state index is 0.0469. The molecule has 0 aliphatic heterocycles. The van der Waals surface area contributed by atoms with E-state index in [2.05, 4.69) is 27.7 Å².